The summed E-state index contributed by atoms with van der Waals surface area (Å²) in [4.78, 5) is 2.43. The van der Waals surface area contributed by atoms with E-state index >= 15 is 0 Å². The molecule has 3 heteroatoms. The molecule has 0 aliphatic carbocycles. The van der Waals surface area contributed by atoms with Crippen LogP contribution < -0.4 is 5.32 Å². The number of hydrogen-bond acceptors (Lipinski definition) is 2. The average Bonchev–Trinajstić information content (AvgIpc) is 2.72. The molecule has 0 radical (unpaired) electrons. The highest BCUT2D eigenvalue weighted by molar-refractivity contribution is 6.31. The van der Waals surface area contributed by atoms with Gasteiger partial charge in [0.15, 0.2) is 0 Å². The first-order valence-corrected chi connectivity index (χ1v) is 7.27. The van der Waals surface area contributed by atoms with Gasteiger partial charge in [-0.05, 0) is 57.1 Å². The summed E-state index contributed by atoms with van der Waals surface area (Å²) in [7, 11) is 2.20. The highest BCUT2D eigenvalue weighted by Gasteiger charge is 2.33. The first-order chi connectivity index (χ1) is 8.74. The van der Waals surface area contributed by atoms with E-state index in [2.05, 4.69) is 36.3 Å². The van der Waals surface area contributed by atoms with Crippen molar-refractivity contribution >= 4 is 11.6 Å². The Balaban J connectivity index is 2.10. The molecule has 0 aromatic heterocycles. The highest BCUT2D eigenvalue weighted by atomic mass is 35.5. The normalized spacial score (nSPS) is 24.6. The monoisotopic (exact) mass is 266 g/mol. The number of likely N-dealkylation sites (tertiary alicyclic amines) is 1. The topological polar surface area (TPSA) is 15.3 Å². The maximum Gasteiger partial charge on any atom is 0.0453 e. The Morgan fingerprint density at radius 2 is 2.17 bits per heavy atom. The molecule has 0 saturated carbocycles. The third kappa shape index (κ3) is 3.05. The van der Waals surface area contributed by atoms with Gasteiger partial charge in [-0.3, -0.25) is 4.90 Å². The SMILES string of the molecule is CCCNCC1CCN(C)C1c1ccccc1Cl. The van der Waals surface area contributed by atoms with Crippen LogP contribution in [0.5, 0.6) is 0 Å². The van der Waals surface area contributed by atoms with Crippen molar-refractivity contribution in [3.8, 4) is 0 Å². The van der Waals surface area contributed by atoms with Crippen LogP contribution in [-0.2, 0) is 0 Å². The van der Waals surface area contributed by atoms with Gasteiger partial charge in [0.05, 0.1) is 0 Å². The maximum absolute atomic E-state index is 6.35. The number of nitrogens with one attached hydrogen (secondary N) is 1. The summed E-state index contributed by atoms with van der Waals surface area (Å²) in [5.41, 5.74) is 1.28. The summed E-state index contributed by atoms with van der Waals surface area (Å²) in [5.74, 6) is 0.668. The molecule has 0 spiro atoms. The Morgan fingerprint density at radius 3 is 2.89 bits per heavy atom. The molecule has 1 fully saturated rings. The van der Waals surface area contributed by atoms with E-state index in [4.69, 9.17) is 11.6 Å². The number of rotatable bonds is 5. The molecule has 2 unspecified atom stereocenters. The molecule has 100 valence electrons. The Labute approximate surface area is 115 Å². The summed E-state index contributed by atoms with van der Waals surface area (Å²) in [6.45, 7) is 5.57. The fourth-order valence-corrected chi connectivity index (χ4v) is 3.16. The number of benzene rings is 1. The molecule has 1 N–H and O–H groups in total. The van der Waals surface area contributed by atoms with Crippen LogP contribution in [0.25, 0.3) is 0 Å². The Morgan fingerprint density at radius 1 is 1.39 bits per heavy atom. The van der Waals surface area contributed by atoms with Crippen LogP contribution in [0.2, 0.25) is 5.02 Å². The molecule has 2 nitrogen and oxygen atoms in total. The fraction of sp³-hybridized carbons (Fsp3) is 0.600. The van der Waals surface area contributed by atoms with E-state index in [0.29, 0.717) is 12.0 Å². The van der Waals surface area contributed by atoms with E-state index in [9.17, 15) is 0 Å². The second-order valence-corrected chi connectivity index (χ2v) is 5.61. The summed E-state index contributed by atoms with van der Waals surface area (Å²) in [6, 6.07) is 8.72. The minimum atomic E-state index is 0.461. The standard InChI is InChI=1S/C15H23ClN2/c1-3-9-17-11-12-8-10-18(2)15(12)13-6-4-5-7-14(13)16/h4-7,12,15,17H,3,8-11H2,1-2H3. The Kier molecular flexibility index (Phi) is 5.04. The largest absolute Gasteiger partial charge is 0.316 e. The first kappa shape index (κ1) is 13.9. The van der Waals surface area contributed by atoms with E-state index in [1.807, 2.05) is 12.1 Å². The third-order valence-corrected chi connectivity index (χ3v) is 4.18. The molecule has 1 aromatic rings. The van der Waals surface area contributed by atoms with Gasteiger partial charge in [0.2, 0.25) is 0 Å². The van der Waals surface area contributed by atoms with Gasteiger partial charge in [-0.1, -0.05) is 36.7 Å². The number of hydrogen-bond donors (Lipinski definition) is 1. The van der Waals surface area contributed by atoms with Crippen molar-refractivity contribution < 1.29 is 0 Å². The van der Waals surface area contributed by atoms with Crippen molar-refractivity contribution in [2.75, 3.05) is 26.7 Å². The highest BCUT2D eigenvalue weighted by Crippen LogP contribution is 2.38. The molecule has 1 heterocycles. The fourth-order valence-electron chi connectivity index (χ4n) is 2.91. The van der Waals surface area contributed by atoms with Crippen molar-refractivity contribution in [1.29, 1.82) is 0 Å². The lowest BCUT2D eigenvalue weighted by molar-refractivity contribution is 0.272. The van der Waals surface area contributed by atoms with Gasteiger partial charge < -0.3 is 5.32 Å². The van der Waals surface area contributed by atoms with Gasteiger partial charge >= 0.3 is 0 Å². The zero-order valence-electron chi connectivity index (χ0n) is 11.3. The van der Waals surface area contributed by atoms with Crippen molar-refractivity contribution in [3.63, 3.8) is 0 Å². The summed E-state index contributed by atoms with van der Waals surface area (Å²) in [5, 5.41) is 4.45. The van der Waals surface area contributed by atoms with E-state index in [1.165, 1.54) is 18.4 Å². The van der Waals surface area contributed by atoms with Crippen LogP contribution in [0.1, 0.15) is 31.4 Å². The van der Waals surface area contributed by atoms with Gasteiger partial charge in [-0.2, -0.15) is 0 Å². The Bertz CT molecular complexity index is 381. The van der Waals surface area contributed by atoms with Crippen LogP contribution in [0.3, 0.4) is 0 Å². The third-order valence-electron chi connectivity index (χ3n) is 3.83. The molecule has 0 bridgehead atoms. The second kappa shape index (κ2) is 6.55. The average molecular weight is 267 g/mol. The summed E-state index contributed by atoms with van der Waals surface area (Å²) < 4.78 is 0. The number of halogens is 1. The van der Waals surface area contributed by atoms with E-state index in [1.54, 1.807) is 0 Å². The van der Waals surface area contributed by atoms with Gasteiger partial charge in [0.25, 0.3) is 0 Å². The molecule has 1 aliphatic heterocycles. The lowest BCUT2D eigenvalue weighted by Gasteiger charge is -2.26. The molecule has 2 atom stereocenters. The van der Waals surface area contributed by atoms with E-state index in [0.717, 1.165) is 24.7 Å². The first-order valence-electron chi connectivity index (χ1n) is 6.89. The van der Waals surface area contributed by atoms with Gasteiger partial charge in [-0.15, -0.1) is 0 Å². The van der Waals surface area contributed by atoms with Crippen molar-refractivity contribution in [3.05, 3.63) is 34.9 Å². The molecule has 2 rings (SSSR count). The molecule has 1 aliphatic rings. The molecular formula is C15H23ClN2. The molecule has 1 aromatic carbocycles. The molecule has 0 amide bonds. The molecule has 1 saturated heterocycles. The van der Waals surface area contributed by atoms with Crippen LogP contribution in [0, 0.1) is 5.92 Å². The van der Waals surface area contributed by atoms with Crippen molar-refractivity contribution in [1.82, 2.24) is 10.2 Å². The Hall–Kier alpha value is -0.570. The summed E-state index contributed by atoms with van der Waals surface area (Å²) >= 11 is 6.35. The van der Waals surface area contributed by atoms with E-state index in [-0.39, 0.29) is 0 Å². The lowest BCUT2D eigenvalue weighted by atomic mass is 9.93. The van der Waals surface area contributed by atoms with Gasteiger partial charge in [-0.25, -0.2) is 0 Å². The van der Waals surface area contributed by atoms with Gasteiger partial charge in [0.1, 0.15) is 0 Å². The van der Waals surface area contributed by atoms with Crippen molar-refractivity contribution in [2.45, 2.75) is 25.8 Å². The second-order valence-electron chi connectivity index (χ2n) is 5.20. The zero-order valence-corrected chi connectivity index (χ0v) is 12.1. The van der Waals surface area contributed by atoms with Crippen LogP contribution in [0.15, 0.2) is 24.3 Å². The lowest BCUT2D eigenvalue weighted by Crippen LogP contribution is -2.29. The predicted molar refractivity (Wildman–Crippen MR) is 78.1 cm³/mol. The van der Waals surface area contributed by atoms with Crippen LogP contribution in [0.4, 0.5) is 0 Å². The summed E-state index contributed by atoms with van der Waals surface area (Å²) in [6.07, 6.45) is 2.45. The van der Waals surface area contributed by atoms with Crippen LogP contribution >= 0.6 is 11.6 Å². The minimum absolute atomic E-state index is 0.461. The minimum Gasteiger partial charge on any atom is -0.316 e. The predicted octanol–water partition coefficient (Wildman–Crippen LogP) is 3.33. The van der Waals surface area contributed by atoms with E-state index < -0.39 is 0 Å². The smallest absolute Gasteiger partial charge is 0.0453 e. The molecular weight excluding hydrogens is 244 g/mol. The number of nitrogens with zero attached hydrogens (tertiary/aromatic N) is 1. The van der Waals surface area contributed by atoms with Gasteiger partial charge in [0, 0.05) is 11.1 Å². The maximum atomic E-state index is 6.35. The quantitative estimate of drug-likeness (QED) is 0.823. The zero-order chi connectivity index (χ0) is 13.0. The van der Waals surface area contributed by atoms with Crippen molar-refractivity contribution in [2.24, 2.45) is 5.92 Å². The molecule has 18 heavy (non-hydrogen) atoms. The van der Waals surface area contributed by atoms with Crippen LogP contribution in [-0.4, -0.2) is 31.6 Å².